The molecule has 0 aliphatic heterocycles. The van der Waals surface area contributed by atoms with Crippen LogP contribution in [0.25, 0.3) is 65.0 Å². The summed E-state index contributed by atoms with van der Waals surface area (Å²) in [4.78, 5) is 3.92. The maximum Gasteiger partial charge on any atom is 0.231 e. The molecule has 3 nitrogen and oxygen atoms in total. The topological polar surface area (TPSA) is 12.7 Å². The van der Waals surface area contributed by atoms with Gasteiger partial charge < -0.3 is 9.25 Å². The summed E-state index contributed by atoms with van der Waals surface area (Å²) in [6.07, 6.45) is 2.90. The molecule has 0 aliphatic rings. The van der Waals surface area contributed by atoms with Gasteiger partial charge in [0.2, 0.25) is 11.1 Å². The first-order valence-electron chi connectivity index (χ1n) is 13.3. The molecule has 38 heavy (non-hydrogen) atoms. The number of fused-ring (bicyclic) bond motifs is 5. The number of rotatable bonds is 3. The Labute approximate surface area is 222 Å². The molecule has 7 rings (SSSR count). The Morgan fingerprint density at radius 1 is 0.842 bits per heavy atom. The Balaban J connectivity index is 1.74. The summed E-state index contributed by atoms with van der Waals surface area (Å²) in [6, 6.07) is 26.8. The van der Waals surface area contributed by atoms with Crippen LogP contribution in [0.3, 0.4) is 0 Å². The van der Waals surface area contributed by atoms with Crippen LogP contribution in [0.2, 0.25) is 0 Å². The smallest absolute Gasteiger partial charge is 0.231 e. The summed E-state index contributed by atoms with van der Waals surface area (Å²) in [6.45, 7) is 16.3. The van der Waals surface area contributed by atoms with Crippen LogP contribution in [-0.2, 0) is 13.5 Å². The molecule has 0 spiro atoms. The van der Waals surface area contributed by atoms with Crippen LogP contribution in [0.4, 0.5) is 0 Å². The lowest BCUT2D eigenvalue weighted by molar-refractivity contribution is -0.643. The molecule has 0 unspecified atom stereocenters. The summed E-state index contributed by atoms with van der Waals surface area (Å²) in [5, 5.41) is 6.41. The molecule has 4 aromatic carbocycles. The van der Waals surface area contributed by atoms with Gasteiger partial charge in [0.1, 0.15) is 7.05 Å². The molecule has 3 aromatic heterocycles. The van der Waals surface area contributed by atoms with Crippen molar-refractivity contribution in [3.63, 3.8) is 0 Å². The van der Waals surface area contributed by atoms with Gasteiger partial charge in [-0.3, -0.25) is 0 Å². The molecule has 184 valence electrons. The van der Waals surface area contributed by atoms with E-state index in [1.807, 2.05) is 13.8 Å². The second-order valence-corrected chi connectivity index (χ2v) is 11.5. The predicted octanol–water partition coefficient (Wildman–Crippen LogP) is 8.34. The number of nitrogens with zero attached hydrogens (tertiary/aromatic N) is 3. The first kappa shape index (κ1) is 22.8. The third-order valence-electron chi connectivity index (χ3n) is 8.37. The van der Waals surface area contributed by atoms with Crippen LogP contribution in [0.1, 0.15) is 30.5 Å². The number of pyridine rings is 2. The monoisotopic (exact) mass is 492 g/mol. The quantitative estimate of drug-likeness (QED) is 0.102. The van der Waals surface area contributed by atoms with Crippen LogP contribution >= 0.6 is 0 Å². The fourth-order valence-electron chi connectivity index (χ4n) is 6.42. The molecular weight excluding hydrogens is 462 g/mol. The maximum atomic E-state index is 7.73. The van der Waals surface area contributed by atoms with Gasteiger partial charge in [-0.15, -0.1) is 0 Å². The van der Waals surface area contributed by atoms with Crippen molar-refractivity contribution < 1.29 is 4.57 Å². The Morgan fingerprint density at radius 3 is 2.39 bits per heavy atom. The van der Waals surface area contributed by atoms with E-state index in [9.17, 15) is 0 Å². The van der Waals surface area contributed by atoms with E-state index in [2.05, 4.69) is 114 Å². The van der Waals surface area contributed by atoms with Gasteiger partial charge in [0, 0.05) is 30.7 Å². The molecule has 0 fully saturated rings. The van der Waals surface area contributed by atoms with Crippen LogP contribution in [0, 0.1) is 20.4 Å². The standard InChI is InChI=1S/C35H30N3/c1-21-16-28-27-13-12-25(24-10-8-7-9-11-24)19-29(27)38-30-18-23(20-35(3,4)36-5)17-26-14-15-37(6)34(32(26)30)31(22(21)2)33(28)38/h7-19H,20H2,1-4,6H3/q+1. The third kappa shape index (κ3) is 3.10. The zero-order valence-electron chi connectivity index (χ0n) is 22.6. The molecule has 3 heterocycles. The Bertz CT molecular complexity index is 2100. The summed E-state index contributed by atoms with van der Waals surface area (Å²) in [7, 11) is 2.16. The molecule has 0 N–H and O–H groups in total. The fraction of sp³-hybridized carbons (Fsp3) is 0.200. The largest absolute Gasteiger partial charge is 0.311 e. The lowest BCUT2D eigenvalue weighted by Gasteiger charge is -2.17. The average molecular weight is 493 g/mol. The average Bonchev–Trinajstić information content (AvgIpc) is 3.23. The van der Waals surface area contributed by atoms with Crippen LogP contribution in [-0.4, -0.2) is 9.94 Å². The minimum absolute atomic E-state index is 0.447. The minimum atomic E-state index is -0.447. The van der Waals surface area contributed by atoms with Crippen molar-refractivity contribution in [3.05, 3.63) is 107 Å². The number of aromatic nitrogens is 2. The first-order chi connectivity index (χ1) is 18.3. The van der Waals surface area contributed by atoms with E-state index >= 15 is 0 Å². The molecular formula is C35H30N3+. The van der Waals surface area contributed by atoms with Crippen molar-refractivity contribution in [2.24, 2.45) is 7.05 Å². The predicted molar refractivity (Wildman–Crippen MR) is 159 cm³/mol. The summed E-state index contributed by atoms with van der Waals surface area (Å²) in [5.41, 5.74) is 10.8. The lowest BCUT2D eigenvalue weighted by Crippen LogP contribution is -2.29. The van der Waals surface area contributed by atoms with Crippen molar-refractivity contribution in [3.8, 4) is 11.1 Å². The highest BCUT2D eigenvalue weighted by molar-refractivity contribution is 6.26. The number of hydrogen-bond acceptors (Lipinski definition) is 0. The van der Waals surface area contributed by atoms with Gasteiger partial charge in [-0.05, 0) is 65.3 Å². The Hall–Kier alpha value is -4.42. The number of hydrogen-bond donors (Lipinski definition) is 0. The highest BCUT2D eigenvalue weighted by Gasteiger charge is 2.28. The van der Waals surface area contributed by atoms with Gasteiger partial charge in [0.15, 0.2) is 6.20 Å². The minimum Gasteiger partial charge on any atom is -0.311 e. The van der Waals surface area contributed by atoms with E-state index in [1.165, 1.54) is 76.8 Å². The van der Waals surface area contributed by atoms with Crippen LogP contribution in [0.5, 0.6) is 0 Å². The molecule has 0 aliphatic carbocycles. The van der Waals surface area contributed by atoms with Gasteiger partial charge in [-0.1, -0.05) is 48.5 Å². The van der Waals surface area contributed by atoms with E-state index in [1.54, 1.807) is 0 Å². The van der Waals surface area contributed by atoms with Gasteiger partial charge in [-0.2, -0.15) is 0 Å². The molecule has 0 amide bonds. The third-order valence-corrected chi connectivity index (χ3v) is 8.37. The van der Waals surface area contributed by atoms with E-state index in [0.717, 1.165) is 0 Å². The molecule has 0 saturated heterocycles. The van der Waals surface area contributed by atoms with E-state index < -0.39 is 5.54 Å². The molecule has 0 bridgehead atoms. The zero-order valence-corrected chi connectivity index (χ0v) is 22.6. The Morgan fingerprint density at radius 2 is 1.63 bits per heavy atom. The molecule has 0 radical (unpaired) electrons. The van der Waals surface area contributed by atoms with Crippen molar-refractivity contribution >= 4 is 49.0 Å². The van der Waals surface area contributed by atoms with Crippen molar-refractivity contribution in [1.29, 1.82) is 0 Å². The highest BCUT2D eigenvalue weighted by atomic mass is 15.0. The van der Waals surface area contributed by atoms with Gasteiger partial charge in [0.25, 0.3) is 0 Å². The number of benzene rings is 4. The second-order valence-electron chi connectivity index (χ2n) is 11.5. The van der Waals surface area contributed by atoms with Crippen LogP contribution < -0.4 is 4.57 Å². The van der Waals surface area contributed by atoms with E-state index in [4.69, 9.17) is 6.57 Å². The summed E-state index contributed by atoms with van der Waals surface area (Å²) >= 11 is 0. The van der Waals surface area contributed by atoms with Gasteiger partial charge in [-0.25, -0.2) is 11.1 Å². The summed E-state index contributed by atoms with van der Waals surface area (Å²) in [5.74, 6) is 0. The van der Waals surface area contributed by atoms with E-state index in [-0.39, 0.29) is 0 Å². The second kappa shape index (κ2) is 7.79. The molecule has 0 atom stereocenters. The van der Waals surface area contributed by atoms with Crippen molar-refractivity contribution in [2.75, 3.05) is 0 Å². The van der Waals surface area contributed by atoms with Crippen LogP contribution in [0.15, 0.2) is 79.0 Å². The molecule has 0 saturated carbocycles. The SMILES string of the molecule is [C-]#[N+]C(C)(C)Cc1cc2cc[n+](C)c3c4c(C)c(C)cc5c6ccc(-c7ccccc7)cc6n(c(c1)c23)c54. The lowest BCUT2D eigenvalue weighted by atomic mass is 9.92. The van der Waals surface area contributed by atoms with Crippen molar-refractivity contribution in [2.45, 2.75) is 39.7 Å². The molecule has 3 heteroatoms. The Kier molecular flexibility index (Phi) is 4.66. The normalized spacial score (nSPS) is 12.4. The van der Waals surface area contributed by atoms with Gasteiger partial charge >= 0.3 is 0 Å². The zero-order chi connectivity index (χ0) is 26.3. The fourth-order valence-corrected chi connectivity index (χ4v) is 6.42. The number of aryl methyl sites for hydroxylation is 3. The first-order valence-corrected chi connectivity index (χ1v) is 13.3. The maximum absolute atomic E-state index is 7.73. The van der Waals surface area contributed by atoms with E-state index in [0.29, 0.717) is 6.42 Å². The van der Waals surface area contributed by atoms with Crippen molar-refractivity contribution in [1.82, 2.24) is 4.40 Å². The molecule has 7 aromatic rings. The highest BCUT2D eigenvalue weighted by Crippen LogP contribution is 2.43. The summed E-state index contributed by atoms with van der Waals surface area (Å²) < 4.78 is 4.79. The van der Waals surface area contributed by atoms with Gasteiger partial charge in [0.05, 0.1) is 33.7 Å².